The van der Waals surface area contributed by atoms with Crippen molar-refractivity contribution in [2.75, 3.05) is 5.32 Å². The molecule has 20 heavy (non-hydrogen) atoms. The number of aryl methyl sites for hydroxylation is 1. The topological polar surface area (TPSA) is 55.1 Å². The van der Waals surface area contributed by atoms with E-state index in [0.29, 0.717) is 6.04 Å². The lowest BCUT2D eigenvalue weighted by Crippen LogP contribution is -2.17. The van der Waals surface area contributed by atoms with Crippen LogP contribution in [0.15, 0.2) is 49.1 Å². The Kier molecular flexibility index (Phi) is 3.58. The molecule has 0 fully saturated rings. The Labute approximate surface area is 117 Å². The number of nitrogens with one attached hydrogen (secondary N) is 1. The molecule has 1 N–H and O–H groups in total. The number of rotatable bonds is 5. The van der Waals surface area contributed by atoms with Crippen LogP contribution in [0.2, 0.25) is 0 Å². The van der Waals surface area contributed by atoms with Crippen LogP contribution >= 0.6 is 0 Å². The highest BCUT2D eigenvalue weighted by molar-refractivity contribution is 5.45. The quantitative estimate of drug-likeness (QED) is 0.772. The van der Waals surface area contributed by atoms with E-state index in [1.807, 2.05) is 30.6 Å². The van der Waals surface area contributed by atoms with E-state index in [4.69, 9.17) is 0 Å². The third-order valence-corrected chi connectivity index (χ3v) is 3.24. The molecule has 0 saturated heterocycles. The summed E-state index contributed by atoms with van der Waals surface area (Å²) in [5.74, 6) is 0.886. The highest BCUT2D eigenvalue weighted by Gasteiger charge is 2.05. The van der Waals surface area contributed by atoms with Crippen LogP contribution in [0.1, 0.15) is 18.9 Å². The van der Waals surface area contributed by atoms with E-state index in [0.717, 1.165) is 24.3 Å². The van der Waals surface area contributed by atoms with Crippen molar-refractivity contribution in [2.45, 2.75) is 25.8 Å². The Morgan fingerprint density at radius 2 is 2.20 bits per heavy atom. The number of hydrogen-bond acceptors (Lipinski definition) is 4. The van der Waals surface area contributed by atoms with Gasteiger partial charge in [0.1, 0.15) is 5.82 Å². The van der Waals surface area contributed by atoms with Crippen LogP contribution in [-0.4, -0.2) is 25.6 Å². The lowest BCUT2D eigenvalue weighted by molar-refractivity contribution is 0.701. The van der Waals surface area contributed by atoms with Crippen molar-refractivity contribution in [1.29, 1.82) is 0 Å². The lowest BCUT2D eigenvalue weighted by atomic mass is 10.1. The molecule has 3 aromatic heterocycles. The maximum absolute atomic E-state index is 4.51. The highest BCUT2D eigenvalue weighted by atomic mass is 15.2. The number of anilines is 1. The van der Waals surface area contributed by atoms with Crippen LogP contribution in [0.25, 0.3) is 5.65 Å². The van der Waals surface area contributed by atoms with E-state index in [-0.39, 0.29) is 0 Å². The normalized spacial score (nSPS) is 12.4. The minimum atomic E-state index is 0.355. The smallest absolute Gasteiger partial charge is 0.157 e. The molecule has 0 aliphatic rings. The maximum atomic E-state index is 4.51. The maximum Gasteiger partial charge on any atom is 0.157 e. The summed E-state index contributed by atoms with van der Waals surface area (Å²) in [5.41, 5.74) is 2.12. The average molecular weight is 267 g/mol. The molecule has 3 aromatic rings. The Balaban J connectivity index is 1.59. The molecule has 0 aromatic carbocycles. The fourth-order valence-corrected chi connectivity index (χ4v) is 2.15. The zero-order valence-corrected chi connectivity index (χ0v) is 11.4. The van der Waals surface area contributed by atoms with Crippen LogP contribution in [-0.2, 0) is 6.42 Å². The summed E-state index contributed by atoms with van der Waals surface area (Å²) in [6, 6.07) is 8.28. The van der Waals surface area contributed by atoms with Gasteiger partial charge in [-0.05, 0) is 37.5 Å². The molecule has 102 valence electrons. The SMILES string of the molecule is CC(CCc1cccnc1)Nc1ccn2nccc2n1. The third-order valence-electron chi connectivity index (χ3n) is 3.24. The molecule has 0 bridgehead atoms. The second-order valence-corrected chi connectivity index (χ2v) is 4.89. The lowest BCUT2D eigenvalue weighted by Gasteiger charge is -2.14. The van der Waals surface area contributed by atoms with Crippen LogP contribution in [0, 0.1) is 0 Å². The van der Waals surface area contributed by atoms with Gasteiger partial charge < -0.3 is 5.32 Å². The summed E-state index contributed by atoms with van der Waals surface area (Å²) in [6.07, 6.45) is 9.43. The number of hydrogen-bond donors (Lipinski definition) is 1. The molecule has 0 amide bonds. The van der Waals surface area contributed by atoms with E-state index >= 15 is 0 Å². The molecule has 3 rings (SSSR count). The molecule has 3 heterocycles. The highest BCUT2D eigenvalue weighted by Crippen LogP contribution is 2.10. The van der Waals surface area contributed by atoms with Crippen molar-refractivity contribution >= 4 is 11.5 Å². The van der Waals surface area contributed by atoms with Gasteiger partial charge in [-0.3, -0.25) is 4.98 Å². The second-order valence-electron chi connectivity index (χ2n) is 4.89. The molecule has 1 unspecified atom stereocenters. The average Bonchev–Trinajstić information content (AvgIpc) is 2.94. The van der Waals surface area contributed by atoms with Gasteiger partial charge in [0.05, 0.1) is 6.20 Å². The Morgan fingerprint density at radius 3 is 3.05 bits per heavy atom. The molecule has 0 saturated carbocycles. The number of pyridine rings is 1. The van der Waals surface area contributed by atoms with Crippen LogP contribution in [0.3, 0.4) is 0 Å². The van der Waals surface area contributed by atoms with E-state index in [1.165, 1.54) is 5.56 Å². The van der Waals surface area contributed by atoms with Crippen LogP contribution < -0.4 is 5.32 Å². The Bertz CT molecular complexity index is 677. The minimum Gasteiger partial charge on any atom is -0.367 e. The molecule has 0 spiro atoms. The van der Waals surface area contributed by atoms with E-state index in [1.54, 1.807) is 16.9 Å². The summed E-state index contributed by atoms with van der Waals surface area (Å²) in [5, 5.41) is 7.56. The molecular formula is C15H17N5. The summed E-state index contributed by atoms with van der Waals surface area (Å²) in [6.45, 7) is 2.17. The Morgan fingerprint density at radius 1 is 1.25 bits per heavy atom. The van der Waals surface area contributed by atoms with Crippen molar-refractivity contribution in [3.05, 3.63) is 54.6 Å². The fourth-order valence-electron chi connectivity index (χ4n) is 2.15. The van der Waals surface area contributed by atoms with E-state index in [9.17, 15) is 0 Å². The van der Waals surface area contributed by atoms with Gasteiger partial charge in [0.25, 0.3) is 0 Å². The first kappa shape index (κ1) is 12.6. The van der Waals surface area contributed by atoms with Gasteiger partial charge in [0.2, 0.25) is 0 Å². The molecule has 0 aliphatic carbocycles. The zero-order chi connectivity index (χ0) is 13.8. The monoisotopic (exact) mass is 267 g/mol. The summed E-state index contributed by atoms with van der Waals surface area (Å²) in [7, 11) is 0. The van der Waals surface area contributed by atoms with Crippen molar-refractivity contribution in [2.24, 2.45) is 0 Å². The molecule has 0 aliphatic heterocycles. The van der Waals surface area contributed by atoms with Gasteiger partial charge in [-0.25, -0.2) is 9.50 Å². The zero-order valence-electron chi connectivity index (χ0n) is 11.4. The fraction of sp³-hybridized carbons (Fsp3) is 0.267. The summed E-state index contributed by atoms with van der Waals surface area (Å²) >= 11 is 0. The van der Waals surface area contributed by atoms with E-state index < -0.39 is 0 Å². The van der Waals surface area contributed by atoms with Crippen molar-refractivity contribution in [3.63, 3.8) is 0 Å². The predicted molar refractivity (Wildman–Crippen MR) is 78.6 cm³/mol. The van der Waals surface area contributed by atoms with Gasteiger partial charge >= 0.3 is 0 Å². The molecule has 5 nitrogen and oxygen atoms in total. The van der Waals surface area contributed by atoms with Gasteiger partial charge in [-0.15, -0.1) is 0 Å². The second kappa shape index (κ2) is 5.69. The molecular weight excluding hydrogens is 250 g/mol. The van der Waals surface area contributed by atoms with Crippen LogP contribution in [0.4, 0.5) is 5.82 Å². The van der Waals surface area contributed by atoms with Gasteiger partial charge in [0, 0.05) is 30.7 Å². The first-order chi connectivity index (χ1) is 9.81. The van der Waals surface area contributed by atoms with E-state index in [2.05, 4.69) is 33.4 Å². The largest absolute Gasteiger partial charge is 0.367 e. The number of fused-ring (bicyclic) bond motifs is 1. The minimum absolute atomic E-state index is 0.355. The van der Waals surface area contributed by atoms with Crippen molar-refractivity contribution < 1.29 is 0 Å². The predicted octanol–water partition coefficient (Wildman–Crippen LogP) is 2.56. The van der Waals surface area contributed by atoms with Gasteiger partial charge in [-0.1, -0.05) is 6.07 Å². The summed E-state index contributed by atoms with van der Waals surface area (Å²) in [4.78, 5) is 8.64. The first-order valence-corrected chi connectivity index (χ1v) is 6.77. The van der Waals surface area contributed by atoms with Gasteiger partial charge in [-0.2, -0.15) is 5.10 Å². The van der Waals surface area contributed by atoms with Crippen LogP contribution in [0.5, 0.6) is 0 Å². The van der Waals surface area contributed by atoms with Crippen molar-refractivity contribution in [1.82, 2.24) is 19.6 Å². The first-order valence-electron chi connectivity index (χ1n) is 6.77. The number of nitrogens with zero attached hydrogens (tertiary/aromatic N) is 4. The van der Waals surface area contributed by atoms with Gasteiger partial charge in [0.15, 0.2) is 5.65 Å². The molecule has 0 radical (unpaired) electrons. The number of aromatic nitrogens is 4. The summed E-state index contributed by atoms with van der Waals surface area (Å²) < 4.78 is 1.76. The third kappa shape index (κ3) is 2.93. The Hall–Kier alpha value is -2.43. The molecule has 5 heteroatoms. The standard InChI is InChI=1S/C15H17N5/c1-12(4-5-13-3-2-8-16-11-13)18-14-7-10-20-15(19-14)6-9-17-20/h2-3,6-12H,4-5H2,1H3,(H,18,19). The molecule has 1 atom stereocenters. The van der Waals surface area contributed by atoms with Crippen molar-refractivity contribution in [3.8, 4) is 0 Å².